The van der Waals surface area contributed by atoms with E-state index in [1.165, 1.54) is 18.3 Å². The first-order valence-electron chi connectivity index (χ1n) is 9.12. The van der Waals surface area contributed by atoms with Crippen molar-refractivity contribution >= 4 is 12.1 Å². The highest BCUT2D eigenvalue weighted by molar-refractivity contribution is 5.84. The van der Waals surface area contributed by atoms with Gasteiger partial charge in [-0.25, -0.2) is 9.82 Å². The fraction of sp³-hybridized carbons (Fsp3) is 0.130. The molecule has 0 spiro atoms. The van der Waals surface area contributed by atoms with Crippen LogP contribution in [0, 0.1) is 5.82 Å². The zero-order chi connectivity index (χ0) is 20.5. The number of ether oxygens (including phenoxy) is 2. The molecule has 0 bridgehead atoms. The van der Waals surface area contributed by atoms with Crippen molar-refractivity contribution < 1.29 is 18.7 Å². The molecule has 5 nitrogen and oxygen atoms in total. The molecule has 3 aromatic carbocycles. The summed E-state index contributed by atoms with van der Waals surface area (Å²) in [6.07, 6.45) is 0.869. The van der Waals surface area contributed by atoms with Crippen LogP contribution in [0.5, 0.6) is 11.5 Å². The van der Waals surface area contributed by atoms with E-state index in [-0.39, 0.29) is 11.7 Å². The number of carbonyl (C=O) groups excluding carboxylic acids is 1. The average Bonchev–Trinajstić information content (AvgIpc) is 2.75. The van der Waals surface area contributed by atoms with Crippen LogP contribution in [-0.2, 0) is 11.4 Å². The second kappa shape index (κ2) is 10.0. The zero-order valence-electron chi connectivity index (χ0n) is 15.9. The second-order valence-electron chi connectivity index (χ2n) is 6.29. The predicted molar refractivity (Wildman–Crippen MR) is 109 cm³/mol. The molecule has 1 amide bonds. The van der Waals surface area contributed by atoms with Crippen molar-refractivity contribution in [3.63, 3.8) is 0 Å². The Balaban J connectivity index is 1.45. The standard InChI is InChI=1S/C23H21FN2O3/c1-17(29-22-5-3-2-4-6-22)23(27)26-25-15-18-9-13-21(14-10-18)28-16-19-7-11-20(24)12-8-19/h2-15,17H,16H2,1H3,(H,26,27)/t17-/m0/s1. The van der Waals surface area contributed by atoms with E-state index in [2.05, 4.69) is 10.5 Å². The summed E-state index contributed by atoms with van der Waals surface area (Å²) in [6.45, 7) is 2.01. The third kappa shape index (κ3) is 6.46. The molecule has 0 fully saturated rings. The van der Waals surface area contributed by atoms with E-state index < -0.39 is 6.10 Å². The van der Waals surface area contributed by atoms with Gasteiger partial charge in [0.1, 0.15) is 23.9 Å². The Kier molecular flexibility index (Phi) is 6.95. The molecule has 148 valence electrons. The number of carbonyl (C=O) groups is 1. The normalized spacial score (nSPS) is 11.8. The molecule has 0 aliphatic heterocycles. The number of benzene rings is 3. The van der Waals surface area contributed by atoms with E-state index in [0.717, 1.165) is 11.1 Å². The minimum atomic E-state index is -0.670. The topological polar surface area (TPSA) is 59.9 Å². The molecule has 1 N–H and O–H groups in total. The van der Waals surface area contributed by atoms with Crippen LogP contribution < -0.4 is 14.9 Å². The van der Waals surface area contributed by atoms with E-state index in [0.29, 0.717) is 18.1 Å². The lowest BCUT2D eigenvalue weighted by atomic mass is 10.2. The lowest BCUT2D eigenvalue weighted by molar-refractivity contribution is -0.127. The third-order valence-corrected chi connectivity index (χ3v) is 4.01. The zero-order valence-corrected chi connectivity index (χ0v) is 15.9. The first-order chi connectivity index (χ1) is 14.1. The lowest BCUT2D eigenvalue weighted by Gasteiger charge is -2.12. The Morgan fingerprint density at radius 2 is 1.69 bits per heavy atom. The molecular formula is C23H21FN2O3. The number of hydrogen-bond donors (Lipinski definition) is 1. The molecule has 29 heavy (non-hydrogen) atoms. The highest BCUT2D eigenvalue weighted by atomic mass is 19.1. The summed E-state index contributed by atoms with van der Waals surface area (Å²) in [7, 11) is 0. The summed E-state index contributed by atoms with van der Waals surface area (Å²) < 4.78 is 24.1. The summed E-state index contributed by atoms with van der Waals surface area (Å²) in [4.78, 5) is 12.0. The van der Waals surface area contributed by atoms with Gasteiger partial charge < -0.3 is 9.47 Å². The van der Waals surface area contributed by atoms with Gasteiger partial charge in [-0.2, -0.15) is 5.10 Å². The maximum atomic E-state index is 12.9. The van der Waals surface area contributed by atoms with Gasteiger partial charge in [0.15, 0.2) is 6.10 Å². The number of para-hydroxylation sites is 1. The number of rotatable bonds is 8. The van der Waals surface area contributed by atoms with E-state index in [1.807, 2.05) is 30.3 Å². The Hall–Kier alpha value is -3.67. The smallest absolute Gasteiger partial charge is 0.280 e. The van der Waals surface area contributed by atoms with Crippen LogP contribution in [0.25, 0.3) is 0 Å². The second-order valence-corrected chi connectivity index (χ2v) is 6.29. The van der Waals surface area contributed by atoms with Gasteiger partial charge in [0.25, 0.3) is 5.91 Å². The predicted octanol–water partition coefficient (Wildman–Crippen LogP) is 4.32. The summed E-state index contributed by atoms with van der Waals surface area (Å²) in [5, 5.41) is 3.95. The monoisotopic (exact) mass is 392 g/mol. The van der Waals surface area contributed by atoms with Crippen LogP contribution in [0.1, 0.15) is 18.1 Å². The average molecular weight is 392 g/mol. The van der Waals surface area contributed by atoms with Gasteiger partial charge in [-0.1, -0.05) is 30.3 Å². The van der Waals surface area contributed by atoms with Crippen molar-refractivity contribution in [2.75, 3.05) is 0 Å². The summed E-state index contributed by atoms with van der Waals surface area (Å²) in [5.74, 6) is 0.686. The number of halogens is 1. The molecule has 0 aromatic heterocycles. The van der Waals surface area contributed by atoms with Gasteiger partial charge >= 0.3 is 0 Å². The van der Waals surface area contributed by atoms with Crippen molar-refractivity contribution in [2.24, 2.45) is 5.10 Å². The van der Waals surface area contributed by atoms with Gasteiger partial charge in [-0.05, 0) is 66.6 Å². The largest absolute Gasteiger partial charge is 0.489 e. The SMILES string of the molecule is C[C@H](Oc1ccccc1)C(=O)NN=Cc1ccc(OCc2ccc(F)cc2)cc1. The molecule has 6 heteroatoms. The minimum absolute atomic E-state index is 0.273. The molecule has 0 unspecified atom stereocenters. The molecule has 0 saturated heterocycles. The van der Waals surface area contributed by atoms with Crippen molar-refractivity contribution in [1.82, 2.24) is 5.43 Å². The molecular weight excluding hydrogens is 371 g/mol. The van der Waals surface area contributed by atoms with Gasteiger partial charge in [-0.3, -0.25) is 4.79 Å². The Morgan fingerprint density at radius 3 is 2.38 bits per heavy atom. The maximum absolute atomic E-state index is 12.9. The maximum Gasteiger partial charge on any atom is 0.280 e. The molecule has 0 saturated carbocycles. The quantitative estimate of drug-likeness (QED) is 0.459. The fourth-order valence-electron chi connectivity index (χ4n) is 2.42. The number of amides is 1. The molecule has 3 rings (SSSR count). The van der Waals surface area contributed by atoms with E-state index in [4.69, 9.17) is 9.47 Å². The van der Waals surface area contributed by atoms with Crippen LogP contribution in [0.2, 0.25) is 0 Å². The molecule has 0 radical (unpaired) electrons. The van der Waals surface area contributed by atoms with E-state index in [9.17, 15) is 9.18 Å². The molecule has 0 aliphatic rings. The van der Waals surface area contributed by atoms with E-state index >= 15 is 0 Å². The van der Waals surface area contributed by atoms with E-state index in [1.54, 1.807) is 43.3 Å². The fourth-order valence-corrected chi connectivity index (χ4v) is 2.42. The van der Waals surface area contributed by atoms with Gasteiger partial charge in [0.2, 0.25) is 0 Å². The van der Waals surface area contributed by atoms with Crippen molar-refractivity contribution in [3.05, 3.63) is 95.8 Å². The molecule has 0 aliphatic carbocycles. The van der Waals surface area contributed by atoms with Crippen LogP contribution in [0.3, 0.4) is 0 Å². The number of nitrogens with one attached hydrogen (secondary N) is 1. The van der Waals surface area contributed by atoms with Crippen LogP contribution in [0.4, 0.5) is 4.39 Å². The van der Waals surface area contributed by atoms with Gasteiger partial charge in [-0.15, -0.1) is 0 Å². The lowest BCUT2D eigenvalue weighted by Crippen LogP contribution is -2.33. The summed E-state index contributed by atoms with van der Waals surface area (Å²) >= 11 is 0. The summed E-state index contributed by atoms with van der Waals surface area (Å²) in [5.41, 5.74) is 4.14. The molecule has 3 aromatic rings. The molecule has 1 atom stereocenters. The number of hydrogen-bond acceptors (Lipinski definition) is 4. The third-order valence-electron chi connectivity index (χ3n) is 4.01. The highest BCUT2D eigenvalue weighted by Gasteiger charge is 2.13. The van der Waals surface area contributed by atoms with Crippen molar-refractivity contribution in [1.29, 1.82) is 0 Å². The van der Waals surface area contributed by atoms with Crippen molar-refractivity contribution in [2.45, 2.75) is 19.6 Å². The van der Waals surface area contributed by atoms with Gasteiger partial charge in [0.05, 0.1) is 6.21 Å². The van der Waals surface area contributed by atoms with Crippen LogP contribution in [0.15, 0.2) is 84.0 Å². The first kappa shape index (κ1) is 20.1. The number of hydrazone groups is 1. The minimum Gasteiger partial charge on any atom is -0.489 e. The Morgan fingerprint density at radius 1 is 1.00 bits per heavy atom. The van der Waals surface area contributed by atoms with Crippen LogP contribution >= 0.6 is 0 Å². The van der Waals surface area contributed by atoms with Gasteiger partial charge in [0, 0.05) is 0 Å². The summed E-state index contributed by atoms with van der Waals surface area (Å²) in [6, 6.07) is 22.5. The molecule has 0 heterocycles. The first-order valence-corrected chi connectivity index (χ1v) is 9.12. The van der Waals surface area contributed by atoms with Crippen LogP contribution in [-0.4, -0.2) is 18.2 Å². The Labute approximate surface area is 168 Å². The Bertz CT molecular complexity index is 942. The number of nitrogens with zero attached hydrogens (tertiary/aromatic N) is 1. The van der Waals surface area contributed by atoms with Crippen molar-refractivity contribution in [3.8, 4) is 11.5 Å². The highest BCUT2D eigenvalue weighted by Crippen LogP contribution is 2.14.